The highest BCUT2D eigenvalue weighted by Crippen LogP contribution is 2.15. The molecule has 5 nitrogen and oxygen atoms in total. The van der Waals surface area contributed by atoms with Gasteiger partial charge in [-0.15, -0.1) is 24.0 Å². The van der Waals surface area contributed by atoms with Gasteiger partial charge in [-0.1, -0.05) is 41.9 Å². The van der Waals surface area contributed by atoms with Crippen molar-refractivity contribution in [2.75, 3.05) is 33.4 Å². The smallest absolute Gasteiger partial charge is 0.191 e. The van der Waals surface area contributed by atoms with Crippen LogP contribution < -0.4 is 15.4 Å². The first kappa shape index (κ1) is 22.5. The largest absolute Gasteiger partial charge is 0.492 e. The van der Waals surface area contributed by atoms with Crippen molar-refractivity contribution in [2.45, 2.75) is 5.92 Å². The predicted molar refractivity (Wildman–Crippen MR) is 118 cm³/mol. The minimum atomic E-state index is 0. The molecule has 0 aliphatic carbocycles. The van der Waals surface area contributed by atoms with E-state index in [0.29, 0.717) is 30.7 Å². The third-order valence-electron chi connectivity index (χ3n) is 3.71. The van der Waals surface area contributed by atoms with Crippen LogP contribution in [0.1, 0.15) is 11.5 Å². The molecule has 0 fully saturated rings. The predicted octanol–water partition coefficient (Wildman–Crippen LogP) is 3.28. The van der Waals surface area contributed by atoms with Crippen molar-refractivity contribution in [1.29, 1.82) is 0 Å². The number of aliphatic hydroxyl groups is 1. The fourth-order valence-corrected chi connectivity index (χ4v) is 2.45. The molecule has 1 atom stereocenters. The lowest BCUT2D eigenvalue weighted by Gasteiger charge is -2.18. The number of halogens is 2. The fraction of sp³-hybridized carbons (Fsp3) is 0.316. The Bertz CT molecular complexity index is 654. The van der Waals surface area contributed by atoms with E-state index in [4.69, 9.17) is 16.3 Å². The Balaban J connectivity index is 0.00000338. The van der Waals surface area contributed by atoms with Crippen LogP contribution in [-0.4, -0.2) is 44.4 Å². The number of rotatable bonds is 8. The maximum Gasteiger partial charge on any atom is 0.191 e. The molecule has 26 heavy (non-hydrogen) atoms. The maximum atomic E-state index is 9.60. The second-order valence-corrected chi connectivity index (χ2v) is 5.91. The van der Waals surface area contributed by atoms with Crippen LogP contribution in [-0.2, 0) is 0 Å². The molecule has 1 unspecified atom stereocenters. The summed E-state index contributed by atoms with van der Waals surface area (Å²) in [5, 5.41) is 16.7. The first-order valence-electron chi connectivity index (χ1n) is 8.21. The van der Waals surface area contributed by atoms with Gasteiger partial charge in [0.2, 0.25) is 0 Å². The number of hydrogen-bond donors (Lipinski definition) is 3. The lowest BCUT2D eigenvalue weighted by Crippen LogP contribution is -2.41. The summed E-state index contributed by atoms with van der Waals surface area (Å²) in [6, 6.07) is 17.2. The average Bonchev–Trinajstić information content (AvgIpc) is 2.66. The summed E-state index contributed by atoms with van der Waals surface area (Å²) in [5.41, 5.74) is 1.10. The Morgan fingerprint density at radius 3 is 2.42 bits per heavy atom. The lowest BCUT2D eigenvalue weighted by molar-refractivity contribution is 0.265. The van der Waals surface area contributed by atoms with Gasteiger partial charge in [0.05, 0.1) is 13.2 Å². The van der Waals surface area contributed by atoms with Crippen molar-refractivity contribution < 1.29 is 9.84 Å². The summed E-state index contributed by atoms with van der Waals surface area (Å²) in [6.07, 6.45) is 0. The van der Waals surface area contributed by atoms with Gasteiger partial charge in [-0.05, 0) is 29.8 Å². The number of benzene rings is 2. The summed E-state index contributed by atoms with van der Waals surface area (Å²) >= 11 is 5.84. The highest BCUT2D eigenvalue weighted by atomic mass is 127. The van der Waals surface area contributed by atoms with Crippen molar-refractivity contribution in [1.82, 2.24) is 10.6 Å². The van der Waals surface area contributed by atoms with Gasteiger partial charge in [0, 0.05) is 24.5 Å². The van der Waals surface area contributed by atoms with E-state index in [-0.39, 0.29) is 36.5 Å². The van der Waals surface area contributed by atoms with Crippen LogP contribution >= 0.6 is 35.6 Å². The standard InChI is InChI=1S/C19H24ClN3O2.HI/c1-21-19(22-11-12-25-18-9-7-17(20)8-10-18)23-13-16(14-24)15-5-3-2-4-6-15;/h2-10,16,24H,11-14H2,1H3,(H2,21,22,23);1H. The molecule has 0 aliphatic rings. The van der Waals surface area contributed by atoms with Crippen LogP contribution in [0.25, 0.3) is 0 Å². The third-order valence-corrected chi connectivity index (χ3v) is 3.96. The molecule has 0 aromatic heterocycles. The molecule has 2 aromatic rings. The molecule has 0 amide bonds. The van der Waals surface area contributed by atoms with Crippen molar-refractivity contribution in [3.8, 4) is 5.75 Å². The zero-order chi connectivity index (χ0) is 17.9. The number of ether oxygens (including phenoxy) is 1. The third kappa shape index (κ3) is 7.80. The molecule has 7 heteroatoms. The van der Waals surface area contributed by atoms with Crippen LogP contribution in [0.3, 0.4) is 0 Å². The van der Waals surface area contributed by atoms with Gasteiger partial charge >= 0.3 is 0 Å². The number of aliphatic imine (C=N–C) groups is 1. The van der Waals surface area contributed by atoms with E-state index in [1.807, 2.05) is 42.5 Å². The normalized spacial score (nSPS) is 12.0. The molecule has 142 valence electrons. The van der Waals surface area contributed by atoms with Crippen LogP contribution in [0.15, 0.2) is 59.6 Å². The second kappa shape index (κ2) is 12.8. The van der Waals surface area contributed by atoms with Crippen molar-refractivity contribution in [3.05, 3.63) is 65.2 Å². The Morgan fingerprint density at radius 1 is 1.12 bits per heavy atom. The first-order chi connectivity index (χ1) is 12.2. The van der Waals surface area contributed by atoms with Crippen molar-refractivity contribution in [2.24, 2.45) is 4.99 Å². The molecule has 0 aliphatic heterocycles. The van der Waals surface area contributed by atoms with Crippen LogP contribution in [0.5, 0.6) is 5.75 Å². The van der Waals surface area contributed by atoms with Gasteiger partial charge in [-0.25, -0.2) is 0 Å². The fourth-order valence-electron chi connectivity index (χ4n) is 2.32. The van der Waals surface area contributed by atoms with Crippen LogP contribution in [0.2, 0.25) is 5.02 Å². The number of nitrogens with zero attached hydrogens (tertiary/aromatic N) is 1. The molecule has 0 radical (unpaired) electrons. The van der Waals surface area contributed by atoms with E-state index in [1.54, 1.807) is 19.2 Å². The van der Waals surface area contributed by atoms with E-state index in [9.17, 15) is 5.11 Å². The topological polar surface area (TPSA) is 65.9 Å². The Hall–Kier alpha value is -1.51. The number of hydrogen-bond acceptors (Lipinski definition) is 3. The average molecular weight is 490 g/mol. The van der Waals surface area contributed by atoms with Crippen LogP contribution in [0.4, 0.5) is 0 Å². The van der Waals surface area contributed by atoms with Crippen LogP contribution in [0, 0.1) is 0 Å². The zero-order valence-electron chi connectivity index (χ0n) is 14.7. The zero-order valence-corrected chi connectivity index (χ0v) is 17.8. The summed E-state index contributed by atoms with van der Waals surface area (Å²) in [6.45, 7) is 1.79. The molecule has 2 rings (SSSR count). The van der Waals surface area contributed by atoms with Gasteiger partial charge < -0.3 is 20.5 Å². The molecular formula is C19H25ClIN3O2. The van der Waals surface area contributed by atoms with E-state index >= 15 is 0 Å². The quantitative estimate of drug-likeness (QED) is 0.230. The molecule has 0 saturated carbocycles. The van der Waals surface area contributed by atoms with E-state index in [2.05, 4.69) is 15.6 Å². The lowest BCUT2D eigenvalue weighted by atomic mass is 10.0. The van der Waals surface area contributed by atoms with E-state index in [1.165, 1.54) is 0 Å². The Labute approximate surface area is 176 Å². The SMILES string of the molecule is CN=C(NCCOc1ccc(Cl)cc1)NCC(CO)c1ccccc1.I. The summed E-state index contributed by atoms with van der Waals surface area (Å²) < 4.78 is 5.63. The number of aliphatic hydroxyl groups excluding tert-OH is 1. The molecule has 0 spiro atoms. The summed E-state index contributed by atoms with van der Waals surface area (Å²) in [5.74, 6) is 1.47. The van der Waals surface area contributed by atoms with E-state index < -0.39 is 0 Å². The van der Waals surface area contributed by atoms with E-state index in [0.717, 1.165) is 11.3 Å². The monoisotopic (exact) mass is 489 g/mol. The molecule has 2 aromatic carbocycles. The summed E-state index contributed by atoms with van der Waals surface area (Å²) in [7, 11) is 1.71. The first-order valence-corrected chi connectivity index (χ1v) is 8.59. The maximum absolute atomic E-state index is 9.60. The van der Waals surface area contributed by atoms with Gasteiger partial charge in [0.25, 0.3) is 0 Å². The molecule has 0 bridgehead atoms. The van der Waals surface area contributed by atoms with Crippen molar-refractivity contribution >= 4 is 41.5 Å². The van der Waals surface area contributed by atoms with Gasteiger partial charge in [0.15, 0.2) is 5.96 Å². The highest BCUT2D eigenvalue weighted by Gasteiger charge is 2.10. The van der Waals surface area contributed by atoms with Gasteiger partial charge in [-0.2, -0.15) is 0 Å². The minimum Gasteiger partial charge on any atom is -0.492 e. The molecule has 0 heterocycles. The second-order valence-electron chi connectivity index (χ2n) is 5.47. The number of nitrogens with one attached hydrogen (secondary N) is 2. The minimum absolute atomic E-state index is 0. The molecular weight excluding hydrogens is 465 g/mol. The van der Waals surface area contributed by atoms with Gasteiger partial charge in [-0.3, -0.25) is 4.99 Å². The number of guanidine groups is 1. The summed E-state index contributed by atoms with van der Waals surface area (Å²) in [4.78, 5) is 4.18. The van der Waals surface area contributed by atoms with Crippen molar-refractivity contribution in [3.63, 3.8) is 0 Å². The highest BCUT2D eigenvalue weighted by molar-refractivity contribution is 14.0. The Kier molecular flexibility index (Phi) is 11.1. The molecule has 3 N–H and O–H groups in total. The Morgan fingerprint density at radius 2 is 1.81 bits per heavy atom. The molecule has 0 saturated heterocycles. The van der Waals surface area contributed by atoms with Gasteiger partial charge in [0.1, 0.15) is 12.4 Å².